The van der Waals surface area contributed by atoms with Crippen molar-refractivity contribution < 1.29 is 4.79 Å². The predicted molar refractivity (Wildman–Crippen MR) is 68.0 cm³/mol. The van der Waals surface area contributed by atoms with Gasteiger partial charge in [0.15, 0.2) is 0 Å². The van der Waals surface area contributed by atoms with E-state index in [1.807, 2.05) is 13.0 Å². The minimum atomic E-state index is -0.0749. The van der Waals surface area contributed by atoms with Crippen molar-refractivity contribution in [3.63, 3.8) is 0 Å². The van der Waals surface area contributed by atoms with Crippen LogP contribution in [0, 0.1) is 0 Å². The maximum absolute atomic E-state index is 11.5. The number of nitrogens with zero attached hydrogens (tertiary/aromatic N) is 1. The van der Waals surface area contributed by atoms with Gasteiger partial charge in [-0.2, -0.15) is 0 Å². The zero-order chi connectivity index (χ0) is 12.1. The second-order valence-electron chi connectivity index (χ2n) is 4.08. The molecule has 1 amide bonds. The minimum absolute atomic E-state index is 0.0749. The molecule has 1 heterocycles. The molecule has 0 bridgehead atoms. The lowest BCUT2D eigenvalue weighted by molar-refractivity contribution is 0.0955. The van der Waals surface area contributed by atoms with Gasteiger partial charge >= 0.3 is 0 Å². The molecule has 0 unspecified atom stereocenters. The molecule has 0 aromatic carbocycles. The van der Waals surface area contributed by atoms with Gasteiger partial charge in [-0.3, -0.25) is 4.79 Å². The Morgan fingerprint density at radius 1 is 1.41 bits per heavy atom. The molecule has 0 fully saturated rings. The first-order valence-electron chi connectivity index (χ1n) is 5.95. The van der Waals surface area contributed by atoms with Crippen molar-refractivity contribution in [2.24, 2.45) is 0 Å². The van der Waals surface area contributed by atoms with Crippen molar-refractivity contribution in [2.45, 2.75) is 25.8 Å². The third kappa shape index (κ3) is 3.06. The molecule has 1 aliphatic rings. The highest BCUT2D eigenvalue weighted by atomic mass is 16.1. The molecule has 0 radical (unpaired) electrons. The van der Waals surface area contributed by atoms with Crippen LogP contribution in [-0.4, -0.2) is 23.5 Å². The zero-order valence-corrected chi connectivity index (χ0v) is 9.94. The van der Waals surface area contributed by atoms with Gasteiger partial charge in [-0.25, -0.2) is 4.98 Å². The van der Waals surface area contributed by atoms with Crippen LogP contribution in [0.25, 0.3) is 0 Å². The summed E-state index contributed by atoms with van der Waals surface area (Å²) in [6.45, 7) is 2.53. The lowest BCUT2D eigenvalue weighted by Gasteiger charge is -2.12. The summed E-state index contributed by atoms with van der Waals surface area (Å²) in [7, 11) is 0. The van der Waals surface area contributed by atoms with E-state index in [4.69, 9.17) is 0 Å². The Hall–Kier alpha value is -1.84. The lowest BCUT2D eigenvalue weighted by Crippen LogP contribution is -2.23. The molecule has 4 nitrogen and oxygen atoms in total. The van der Waals surface area contributed by atoms with Gasteiger partial charge < -0.3 is 10.6 Å². The lowest BCUT2D eigenvalue weighted by atomic mass is 10.2. The molecule has 0 aliphatic heterocycles. The zero-order valence-electron chi connectivity index (χ0n) is 9.94. The Balaban J connectivity index is 1.95. The van der Waals surface area contributed by atoms with E-state index >= 15 is 0 Å². The molecule has 1 aromatic heterocycles. The third-order valence-electron chi connectivity index (χ3n) is 2.72. The van der Waals surface area contributed by atoms with Crippen molar-refractivity contribution in [3.8, 4) is 0 Å². The van der Waals surface area contributed by atoms with Crippen LogP contribution < -0.4 is 10.6 Å². The van der Waals surface area contributed by atoms with Crippen LogP contribution in [0.3, 0.4) is 0 Å². The fourth-order valence-corrected chi connectivity index (χ4v) is 1.82. The van der Waals surface area contributed by atoms with Gasteiger partial charge in [0.1, 0.15) is 5.82 Å². The number of nitrogens with one attached hydrogen (secondary N) is 2. The van der Waals surface area contributed by atoms with Crippen LogP contribution in [0.15, 0.2) is 30.5 Å². The standard InChI is InChI=1S/C13H17N3O/c1-2-14-13(17)10-7-8-12(15-9-10)16-11-5-3-4-6-11/h3-4,7-9,11H,2,5-6H2,1H3,(H,14,17)(H,15,16). The second kappa shape index (κ2) is 5.48. The van der Waals surface area contributed by atoms with E-state index in [2.05, 4.69) is 27.8 Å². The van der Waals surface area contributed by atoms with Gasteiger partial charge in [0.25, 0.3) is 5.91 Å². The van der Waals surface area contributed by atoms with Crippen LogP contribution >= 0.6 is 0 Å². The van der Waals surface area contributed by atoms with E-state index < -0.39 is 0 Å². The predicted octanol–water partition coefficient (Wildman–Crippen LogP) is 1.96. The van der Waals surface area contributed by atoms with E-state index in [1.165, 1.54) is 0 Å². The van der Waals surface area contributed by atoms with Crippen molar-refractivity contribution in [3.05, 3.63) is 36.0 Å². The van der Waals surface area contributed by atoms with E-state index in [9.17, 15) is 4.79 Å². The summed E-state index contributed by atoms with van der Waals surface area (Å²) < 4.78 is 0. The molecule has 1 aromatic rings. The van der Waals surface area contributed by atoms with Gasteiger partial charge in [0.05, 0.1) is 5.56 Å². The fourth-order valence-electron chi connectivity index (χ4n) is 1.82. The average molecular weight is 231 g/mol. The summed E-state index contributed by atoms with van der Waals surface area (Å²) in [6, 6.07) is 4.09. The summed E-state index contributed by atoms with van der Waals surface area (Å²) >= 11 is 0. The molecule has 0 atom stereocenters. The summed E-state index contributed by atoms with van der Waals surface area (Å²) in [5.41, 5.74) is 0.599. The van der Waals surface area contributed by atoms with E-state index in [1.54, 1.807) is 12.3 Å². The molecule has 17 heavy (non-hydrogen) atoms. The van der Waals surface area contributed by atoms with Crippen LogP contribution in [-0.2, 0) is 0 Å². The molecule has 0 saturated heterocycles. The molecule has 1 aliphatic carbocycles. The first-order chi connectivity index (χ1) is 8.29. The maximum Gasteiger partial charge on any atom is 0.252 e. The summed E-state index contributed by atoms with van der Waals surface area (Å²) in [4.78, 5) is 15.8. The quantitative estimate of drug-likeness (QED) is 0.779. The number of rotatable bonds is 4. The number of hydrogen-bond acceptors (Lipinski definition) is 3. The first-order valence-corrected chi connectivity index (χ1v) is 5.95. The van der Waals surface area contributed by atoms with Gasteiger partial charge in [-0.1, -0.05) is 12.2 Å². The number of hydrogen-bond donors (Lipinski definition) is 2. The van der Waals surface area contributed by atoms with Crippen LogP contribution in [0.5, 0.6) is 0 Å². The topological polar surface area (TPSA) is 54.0 Å². The number of aromatic nitrogens is 1. The fraction of sp³-hybridized carbons (Fsp3) is 0.385. The molecular weight excluding hydrogens is 214 g/mol. The highest BCUT2D eigenvalue weighted by molar-refractivity contribution is 5.93. The van der Waals surface area contributed by atoms with Crippen LogP contribution in [0.1, 0.15) is 30.1 Å². The molecule has 2 N–H and O–H groups in total. The SMILES string of the molecule is CCNC(=O)c1ccc(NC2CC=CC2)nc1. The largest absolute Gasteiger partial charge is 0.367 e. The van der Waals surface area contributed by atoms with Crippen LogP contribution in [0.4, 0.5) is 5.82 Å². The maximum atomic E-state index is 11.5. The van der Waals surface area contributed by atoms with Crippen molar-refractivity contribution in [2.75, 3.05) is 11.9 Å². The normalized spacial score (nSPS) is 14.9. The Morgan fingerprint density at radius 2 is 2.18 bits per heavy atom. The van der Waals surface area contributed by atoms with Gasteiger partial charge in [0.2, 0.25) is 0 Å². The summed E-state index contributed by atoms with van der Waals surface area (Å²) in [5.74, 6) is 0.751. The summed E-state index contributed by atoms with van der Waals surface area (Å²) in [5, 5.41) is 6.08. The summed E-state index contributed by atoms with van der Waals surface area (Å²) in [6.07, 6.45) is 8.02. The highest BCUT2D eigenvalue weighted by Crippen LogP contribution is 2.15. The van der Waals surface area contributed by atoms with Crippen molar-refractivity contribution in [1.82, 2.24) is 10.3 Å². The Kier molecular flexibility index (Phi) is 3.75. The van der Waals surface area contributed by atoms with E-state index in [0.717, 1.165) is 18.7 Å². The number of carbonyl (C=O) groups excluding carboxylic acids is 1. The Bertz CT molecular complexity index is 403. The van der Waals surface area contributed by atoms with Crippen LogP contribution in [0.2, 0.25) is 0 Å². The molecule has 0 saturated carbocycles. The molecule has 4 heteroatoms. The Morgan fingerprint density at radius 3 is 2.76 bits per heavy atom. The van der Waals surface area contributed by atoms with E-state index in [-0.39, 0.29) is 5.91 Å². The number of anilines is 1. The smallest absolute Gasteiger partial charge is 0.252 e. The highest BCUT2D eigenvalue weighted by Gasteiger charge is 2.10. The molecule has 2 rings (SSSR count). The molecule has 90 valence electrons. The van der Waals surface area contributed by atoms with Crippen molar-refractivity contribution >= 4 is 11.7 Å². The number of amides is 1. The van der Waals surface area contributed by atoms with Crippen molar-refractivity contribution in [1.29, 1.82) is 0 Å². The molecular formula is C13H17N3O. The van der Waals surface area contributed by atoms with Gasteiger partial charge in [-0.15, -0.1) is 0 Å². The number of carbonyl (C=O) groups is 1. The van der Waals surface area contributed by atoms with Gasteiger partial charge in [0, 0.05) is 18.8 Å². The second-order valence-corrected chi connectivity index (χ2v) is 4.08. The Labute approximate surface area is 101 Å². The molecule has 0 spiro atoms. The monoisotopic (exact) mass is 231 g/mol. The first kappa shape index (κ1) is 11.6. The van der Waals surface area contributed by atoms with Gasteiger partial charge in [-0.05, 0) is 31.9 Å². The minimum Gasteiger partial charge on any atom is -0.367 e. The van der Waals surface area contributed by atoms with E-state index in [0.29, 0.717) is 18.2 Å². The third-order valence-corrected chi connectivity index (χ3v) is 2.72. The average Bonchev–Trinajstić information content (AvgIpc) is 2.83. The number of pyridine rings is 1.